The second-order valence-electron chi connectivity index (χ2n) is 3.29. The Kier molecular flexibility index (Phi) is 15.7. The van der Waals surface area contributed by atoms with Gasteiger partial charge in [-0.1, -0.05) is 0 Å². The van der Waals surface area contributed by atoms with Crippen molar-refractivity contribution in [1.82, 2.24) is 0 Å². The molecule has 0 saturated carbocycles. The maximum Gasteiger partial charge on any atom is 0.472 e. The molecule has 12 N–H and O–H groups in total. The summed E-state index contributed by atoms with van der Waals surface area (Å²) in [5.74, 6) is 0. The average molecular weight is 365 g/mol. The third-order valence-corrected chi connectivity index (χ3v) is 2.57. The summed E-state index contributed by atoms with van der Waals surface area (Å²) in [6.07, 6.45) is -8.25. The van der Waals surface area contributed by atoms with E-state index >= 15 is 0 Å². The molecule has 0 aliphatic carbocycles. The van der Waals surface area contributed by atoms with Crippen LogP contribution in [-0.4, -0.2) is 84.0 Å². The minimum atomic E-state index is -4.91. The van der Waals surface area contributed by atoms with Crippen molar-refractivity contribution in [2.75, 3.05) is 6.61 Å². The zero-order chi connectivity index (χ0) is 12.5. The molecule has 0 amide bonds. The summed E-state index contributed by atoms with van der Waals surface area (Å²) in [4.78, 5) is 17.0. The summed E-state index contributed by atoms with van der Waals surface area (Å²) < 4.78 is 19.2. The van der Waals surface area contributed by atoms with Crippen LogP contribution in [0.1, 0.15) is 0 Å². The zero-order valence-corrected chi connectivity index (χ0v) is 12.2. The molecule has 0 aromatic heterocycles. The van der Waals surface area contributed by atoms with E-state index < -0.39 is 45.1 Å². The molecule has 1 saturated heterocycles. The van der Waals surface area contributed by atoms with E-state index in [1.165, 1.54) is 0 Å². The number of rotatable bonds is 3. The van der Waals surface area contributed by atoms with Crippen LogP contribution >= 0.6 is 7.82 Å². The fraction of sp³-hybridized carbons (Fsp3) is 1.00. The smallest absolute Gasteiger partial charge is 0.412 e. The molecule has 1 rings (SSSR count). The topological polar surface area (TPSA) is 251 Å². The van der Waals surface area contributed by atoms with Gasteiger partial charge in [0.2, 0.25) is 0 Å². The molecule has 0 spiro atoms. The standard InChI is InChI=1S/C6H13O9P.3H2O.V/c7-1-2-3(8)4(9)5(10)6(14-2)15-16(11,12)13;;;;/h2-10H,1H2,(H2,11,12,13);3*1H2;. The van der Waals surface area contributed by atoms with Gasteiger partial charge in [-0.3, -0.25) is 4.52 Å². The van der Waals surface area contributed by atoms with Gasteiger partial charge in [0.25, 0.3) is 0 Å². The quantitative estimate of drug-likeness (QED) is 0.260. The van der Waals surface area contributed by atoms with Gasteiger partial charge in [-0.2, -0.15) is 0 Å². The number of aliphatic hydroxyl groups excluding tert-OH is 4. The van der Waals surface area contributed by atoms with Crippen molar-refractivity contribution in [2.45, 2.75) is 30.7 Å². The fourth-order valence-electron chi connectivity index (χ4n) is 1.29. The molecule has 20 heavy (non-hydrogen) atoms. The van der Waals surface area contributed by atoms with Crippen LogP contribution in [0.2, 0.25) is 0 Å². The Morgan fingerprint density at radius 3 is 1.80 bits per heavy atom. The van der Waals surface area contributed by atoms with E-state index in [9.17, 15) is 19.9 Å². The summed E-state index contributed by atoms with van der Waals surface area (Å²) in [7, 11) is -4.91. The van der Waals surface area contributed by atoms with Gasteiger partial charge in [-0.25, -0.2) is 4.57 Å². The van der Waals surface area contributed by atoms with Crippen LogP contribution in [0, 0.1) is 0 Å². The van der Waals surface area contributed by atoms with Crippen molar-refractivity contribution in [2.24, 2.45) is 0 Å². The van der Waals surface area contributed by atoms with Crippen molar-refractivity contribution in [3.8, 4) is 0 Å². The summed E-state index contributed by atoms with van der Waals surface area (Å²) in [5, 5.41) is 36.6. The van der Waals surface area contributed by atoms with E-state index in [1.807, 2.05) is 0 Å². The molecule has 0 aromatic carbocycles. The molecule has 1 aliphatic heterocycles. The normalized spacial score (nSPS) is 32.8. The van der Waals surface area contributed by atoms with E-state index in [4.69, 9.17) is 14.9 Å². The monoisotopic (exact) mass is 365 g/mol. The number of phosphoric ester groups is 1. The molecule has 5 atom stereocenters. The Morgan fingerprint density at radius 1 is 1.00 bits per heavy atom. The third-order valence-electron chi connectivity index (χ3n) is 2.09. The number of phosphoric acid groups is 1. The van der Waals surface area contributed by atoms with Gasteiger partial charge >= 0.3 is 7.82 Å². The van der Waals surface area contributed by atoms with E-state index in [0.29, 0.717) is 0 Å². The SMILES string of the molecule is O.O.O.O=P(O)(O)OC1OC(CO)C(O)C(O)C1O.[V]. The van der Waals surface area contributed by atoms with E-state index in [1.54, 1.807) is 0 Å². The van der Waals surface area contributed by atoms with Crippen molar-refractivity contribution in [3.63, 3.8) is 0 Å². The van der Waals surface area contributed by atoms with Gasteiger partial charge in [0, 0.05) is 18.6 Å². The Labute approximate surface area is 125 Å². The molecule has 0 bridgehead atoms. The summed E-state index contributed by atoms with van der Waals surface area (Å²) >= 11 is 0. The molecule has 1 heterocycles. The molecule has 12 nitrogen and oxygen atoms in total. The van der Waals surface area contributed by atoms with Gasteiger partial charge in [0.1, 0.15) is 24.4 Å². The van der Waals surface area contributed by atoms with Gasteiger partial charge in [-0.05, 0) is 0 Å². The van der Waals surface area contributed by atoms with Gasteiger partial charge in [0.05, 0.1) is 6.61 Å². The molecule has 14 heteroatoms. The van der Waals surface area contributed by atoms with Gasteiger partial charge in [-0.15, -0.1) is 0 Å². The predicted octanol–water partition coefficient (Wildman–Crippen LogP) is -5.58. The maximum atomic E-state index is 10.5. The number of hydrogen-bond acceptors (Lipinski definition) is 7. The first kappa shape index (κ1) is 28.5. The Hall–Kier alpha value is 0.374. The summed E-state index contributed by atoms with van der Waals surface area (Å²) in [5.41, 5.74) is 0. The first-order valence-electron chi connectivity index (χ1n) is 4.30. The number of ether oxygens (including phenoxy) is 1. The number of aliphatic hydroxyl groups is 4. The van der Waals surface area contributed by atoms with Crippen LogP contribution < -0.4 is 0 Å². The fourth-order valence-corrected chi connectivity index (χ4v) is 1.73. The maximum absolute atomic E-state index is 10.5. The Balaban J connectivity index is -0.000000320. The van der Waals surface area contributed by atoms with Gasteiger partial charge < -0.3 is 51.4 Å². The second-order valence-corrected chi connectivity index (χ2v) is 4.49. The molecular weight excluding hydrogens is 346 g/mol. The summed E-state index contributed by atoms with van der Waals surface area (Å²) in [6, 6.07) is 0. The molecule has 0 aromatic rings. The van der Waals surface area contributed by atoms with Gasteiger partial charge in [0.15, 0.2) is 6.29 Å². The first-order chi connectivity index (χ1) is 7.26. The van der Waals surface area contributed by atoms with E-state index in [2.05, 4.69) is 9.26 Å². The Morgan fingerprint density at radius 2 is 1.45 bits per heavy atom. The number of hydrogen-bond donors (Lipinski definition) is 6. The second kappa shape index (κ2) is 11.0. The van der Waals surface area contributed by atoms with Crippen molar-refractivity contribution in [3.05, 3.63) is 0 Å². The molecule has 1 fully saturated rings. The molecule has 1 radical (unpaired) electrons. The van der Waals surface area contributed by atoms with Crippen LogP contribution in [-0.2, 0) is 32.4 Å². The molecule has 5 unspecified atom stereocenters. The van der Waals surface area contributed by atoms with Crippen LogP contribution in [0.5, 0.6) is 0 Å². The van der Waals surface area contributed by atoms with Crippen molar-refractivity contribution in [1.29, 1.82) is 0 Å². The summed E-state index contributed by atoms with van der Waals surface area (Å²) in [6.45, 7) is -0.702. The largest absolute Gasteiger partial charge is 0.472 e. The van der Waals surface area contributed by atoms with Crippen LogP contribution in [0.15, 0.2) is 0 Å². The van der Waals surface area contributed by atoms with E-state index in [0.717, 1.165) is 0 Å². The van der Waals surface area contributed by atoms with Crippen LogP contribution in [0.3, 0.4) is 0 Å². The molecule has 125 valence electrons. The minimum Gasteiger partial charge on any atom is -0.412 e. The average Bonchev–Trinajstić information content (AvgIpc) is 2.17. The van der Waals surface area contributed by atoms with E-state index in [-0.39, 0.29) is 35.0 Å². The molecular formula is C6H19O12PV. The van der Waals surface area contributed by atoms with Crippen LogP contribution in [0.25, 0.3) is 0 Å². The first-order valence-corrected chi connectivity index (χ1v) is 5.83. The zero-order valence-electron chi connectivity index (χ0n) is 9.90. The Bertz CT molecular complexity index is 283. The predicted molar refractivity (Wildman–Crippen MR) is 57.7 cm³/mol. The van der Waals surface area contributed by atoms with Crippen LogP contribution in [0.4, 0.5) is 0 Å². The minimum absolute atomic E-state index is 0. The molecule has 1 aliphatic rings. The van der Waals surface area contributed by atoms with Crippen molar-refractivity contribution < 1.29 is 79.0 Å². The third kappa shape index (κ3) is 7.40. The van der Waals surface area contributed by atoms with Crippen molar-refractivity contribution >= 4 is 7.82 Å².